The van der Waals surface area contributed by atoms with Crippen molar-refractivity contribution >= 4 is 5.91 Å². The van der Waals surface area contributed by atoms with E-state index in [1.807, 2.05) is 19.4 Å². The first-order valence-corrected chi connectivity index (χ1v) is 9.44. The maximum atomic E-state index is 13.0. The van der Waals surface area contributed by atoms with Crippen LogP contribution in [0, 0.1) is 18.8 Å². The summed E-state index contributed by atoms with van der Waals surface area (Å²) in [6, 6.07) is 8.50. The summed E-state index contributed by atoms with van der Waals surface area (Å²) < 4.78 is 2.09. The lowest BCUT2D eigenvalue weighted by Gasteiger charge is -2.33. The Balaban J connectivity index is 1.38. The molecule has 1 aliphatic carbocycles. The van der Waals surface area contributed by atoms with Crippen LogP contribution in [0.1, 0.15) is 42.1 Å². The molecule has 1 aromatic heterocycles. The lowest BCUT2D eigenvalue weighted by molar-refractivity contribution is -0.134. The van der Waals surface area contributed by atoms with Crippen molar-refractivity contribution in [2.24, 2.45) is 18.9 Å². The predicted octanol–water partition coefficient (Wildman–Crippen LogP) is 3.31. The van der Waals surface area contributed by atoms with Gasteiger partial charge in [0.15, 0.2) is 0 Å². The third-order valence-electron chi connectivity index (χ3n) is 5.92. The minimum atomic E-state index is 0.202. The van der Waals surface area contributed by atoms with Gasteiger partial charge in [0, 0.05) is 44.9 Å². The number of carbonyl (C=O) groups excluding carboxylic acids is 1. The van der Waals surface area contributed by atoms with Gasteiger partial charge in [-0.1, -0.05) is 24.3 Å². The summed E-state index contributed by atoms with van der Waals surface area (Å²) in [6.07, 6.45) is 8.16. The molecular weight excluding hydrogens is 310 g/mol. The molecule has 2 aliphatic rings. The molecule has 0 spiro atoms. The summed E-state index contributed by atoms with van der Waals surface area (Å²) in [5, 5.41) is 0. The van der Waals surface area contributed by atoms with E-state index in [4.69, 9.17) is 0 Å². The van der Waals surface area contributed by atoms with E-state index in [-0.39, 0.29) is 5.92 Å². The van der Waals surface area contributed by atoms with Crippen LogP contribution in [-0.4, -0.2) is 33.4 Å². The standard InChI is InChI=1S/C21H27N3O/c1-15-6-3-4-8-17(15)18-13-19(18)21(25)24-10-5-7-16(14-24)12-20-22-9-11-23(20)2/h3-4,6,8-9,11,16,18-19H,5,7,10,12-14H2,1-2H3/t16-,18+,19+/m1/s1. The quantitative estimate of drug-likeness (QED) is 0.858. The maximum Gasteiger partial charge on any atom is 0.226 e. The van der Waals surface area contributed by atoms with Crippen LogP contribution in [0.4, 0.5) is 0 Å². The summed E-state index contributed by atoms with van der Waals surface area (Å²) in [5.41, 5.74) is 2.68. The van der Waals surface area contributed by atoms with E-state index in [0.717, 1.165) is 38.2 Å². The number of imidazole rings is 1. The van der Waals surface area contributed by atoms with Crippen molar-refractivity contribution in [1.29, 1.82) is 0 Å². The van der Waals surface area contributed by atoms with Crippen molar-refractivity contribution in [2.45, 2.75) is 38.5 Å². The van der Waals surface area contributed by atoms with Gasteiger partial charge in [-0.3, -0.25) is 4.79 Å². The van der Waals surface area contributed by atoms with Crippen LogP contribution in [0.3, 0.4) is 0 Å². The number of likely N-dealkylation sites (tertiary alicyclic amines) is 1. The normalized spacial score (nSPS) is 25.8. The Hall–Kier alpha value is -2.10. The molecule has 0 bridgehead atoms. The molecule has 25 heavy (non-hydrogen) atoms. The molecule has 2 heterocycles. The van der Waals surface area contributed by atoms with E-state index in [2.05, 4.69) is 45.6 Å². The lowest BCUT2D eigenvalue weighted by Crippen LogP contribution is -2.41. The summed E-state index contributed by atoms with van der Waals surface area (Å²) in [6.45, 7) is 3.97. The predicted molar refractivity (Wildman–Crippen MR) is 98.2 cm³/mol. The van der Waals surface area contributed by atoms with Gasteiger partial charge in [-0.2, -0.15) is 0 Å². The van der Waals surface area contributed by atoms with Gasteiger partial charge in [0.05, 0.1) is 0 Å². The Bertz CT molecular complexity index is 766. The van der Waals surface area contributed by atoms with Gasteiger partial charge in [-0.15, -0.1) is 0 Å². The second-order valence-corrected chi connectivity index (χ2v) is 7.76. The first-order valence-electron chi connectivity index (χ1n) is 9.44. The average Bonchev–Trinajstić information content (AvgIpc) is 3.32. The van der Waals surface area contributed by atoms with Crippen LogP contribution < -0.4 is 0 Å². The first-order chi connectivity index (χ1) is 12.1. The van der Waals surface area contributed by atoms with Gasteiger partial charge in [0.1, 0.15) is 5.82 Å². The molecule has 4 nitrogen and oxygen atoms in total. The van der Waals surface area contributed by atoms with E-state index >= 15 is 0 Å². The molecule has 132 valence electrons. The van der Waals surface area contributed by atoms with Gasteiger partial charge >= 0.3 is 0 Å². The number of aryl methyl sites for hydroxylation is 2. The molecule has 0 radical (unpaired) electrons. The number of amides is 1. The minimum absolute atomic E-state index is 0.202. The van der Waals surface area contributed by atoms with Gasteiger partial charge in [0.25, 0.3) is 0 Å². The third-order valence-corrected chi connectivity index (χ3v) is 5.92. The Labute approximate surface area is 149 Å². The molecule has 1 saturated carbocycles. The Morgan fingerprint density at radius 1 is 1.32 bits per heavy atom. The Kier molecular flexibility index (Phi) is 4.36. The van der Waals surface area contributed by atoms with Crippen LogP contribution in [-0.2, 0) is 18.3 Å². The molecule has 4 rings (SSSR count). The highest BCUT2D eigenvalue weighted by molar-refractivity contribution is 5.83. The topological polar surface area (TPSA) is 38.1 Å². The van der Waals surface area contributed by atoms with E-state index in [1.54, 1.807) is 0 Å². The Morgan fingerprint density at radius 3 is 2.92 bits per heavy atom. The zero-order chi connectivity index (χ0) is 17.4. The zero-order valence-electron chi connectivity index (χ0n) is 15.2. The lowest BCUT2D eigenvalue weighted by atomic mass is 9.94. The fourth-order valence-corrected chi connectivity index (χ4v) is 4.33. The average molecular weight is 337 g/mol. The monoisotopic (exact) mass is 337 g/mol. The molecular formula is C21H27N3O. The van der Waals surface area contributed by atoms with Crippen LogP contribution in [0.15, 0.2) is 36.7 Å². The number of benzene rings is 1. The molecule has 4 heteroatoms. The number of rotatable bonds is 4. The maximum absolute atomic E-state index is 13.0. The summed E-state index contributed by atoms with van der Waals surface area (Å²) in [4.78, 5) is 19.5. The molecule has 3 atom stereocenters. The SMILES string of the molecule is Cc1ccccc1[C@@H]1C[C@@H]1C(=O)N1CCC[C@H](Cc2nccn2C)C1. The summed E-state index contributed by atoms with van der Waals surface area (Å²) in [5.74, 6) is 2.67. The molecule has 1 aliphatic heterocycles. The van der Waals surface area contributed by atoms with Gasteiger partial charge in [-0.25, -0.2) is 4.98 Å². The number of hydrogen-bond donors (Lipinski definition) is 0. The number of piperidine rings is 1. The molecule has 0 unspecified atom stereocenters. The highest BCUT2D eigenvalue weighted by Crippen LogP contribution is 2.49. The summed E-state index contributed by atoms with van der Waals surface area (Å²) >= 11 is 0. The van der Waals surface area contributed by atoms with Gasteiger partial charge in [-0.05, 0) is 49.1 Å². The highest BCUT2D eigenvalue weighted by Gasteiger charge is 2.46. The van der Waals surface area contributed by atoms with Crippen molar-refractivity contribution in [1.82, 2.24) is 14.5 Å². The van der Waals surface area contributed by atoms with Crippen LogP contribution >= 0.6 is 0 Å². The van der Waals surface area contributed by atoms with Crippen LogP contribution in [0.5, 0.6) is 0 Å². The van der Waals surface area contributed by atoms with Gasteiger partial charge < -0.3 is 9.47 Å². The van der Waals surface area contributed by atoms with Crippen molar-refractivity contribution < 1.29 is 4.79 Å². The fraction of sp³-hybridized carbons (Fsp3) is 0.524. The second kappa shape index (κ2) is 6.66. The smallest absolute Gasteiger partial charge is 0.226 e. The zero-order valence-corrected chi connectivity index (χ0v) is 15.2. The van der Waals surface area contributed by atoms with E-state index in [0.29, 0.717) is 17.7 Å². The fourth-order valence-electron chi connectivity index (χ4n) is 4.33. The molecule has 0 N–H and O–H groups in total. The van der Waals surface area contributed by atoms with Crippen molar-refractivity contribution in [3.63, 3.8) is 0 Å². The highest BCUT2D eigenvalue weighted by atomic mass is 16.2. The number of nitrogens with zero attached hydrogens (tertiary/aromatic N) is 3. The minimum Gasteiger partial charge on any atom is -0.342 e. The van der Waals surface area contributed by atoms with Gasteiger partial charge in [0.2, 0.25) is 5.91 Å². The molecule has 2 fully saturated rings. The molecule has 1 saturated heterocycles. The molecule has 2 aromatic rings. The van der Waals surface area contributed by atoms with Crippen molar-refractivity contribution in [3.05, 3.63) is 53.6 Å². The second-order valence-electron chi connectivity index (χ2n) is 7.76. The number of aromatic nitrogens is 2. The summed E-state index contributed by atoms with van der Waals surface area (Å²) in [7, 11) is 2.05. The molecule has 1 amide bonds. The van der Waals surface area contributed by atoms with Crippen LogP contribution in [0.2, 0.25) is 0 Å². The van der Waals surface area contributed by atoms with Crippen molar-refractivity contribution in [2.75, 3.05) is 13.1 Å². The number of hydrogen-bond acceptors (Lipinski definition) is 2. The Morgan fingerprint density at radius 2 is 2.16 bits per heavy atom. The van der Waals surface area contributed by atoms with Crippen LogP contribution in [0.25, 0.3) is 0 Å². The van der Waals surface area contributed by atoms with E-state index < -0.39 is 0 Å². The largest absolute Gasteiger partial charge is 0.342 e. The number of carbonyl (C=O) groups is 1. The first kappa shape index (κ1) is 16.4. The molecule has 1 aromatic carbocycles. The van der Waals surface area contributed by atoms with E-state index in [9.17, 15) is 4.79 Å². The third kappa shape index (κ3) is 3.35. The van der Waals surface area contributed by atoms with E-state index in [1.165, 1.54) is 17.5 Å². The van der Waals surface area contributed by atoms with Crippen molar-refractivity contribution in [3.8, 4) is 0 Å².